The molecule has 0 fully saturated rings. The van der Waals surface area contributed by atoms with E-state index in [9.17, 15) is 14.4 Å². The fourth-order valence-corrected chi connectivity index (χ4v) is 2.00. The molecule has 1 aromatic rings. The van der Waals surface area contributed by atoms with E-state index in [0.717, 1.165) is 10.6 Å². The maximum absolute atomic E-state index is 11.9. The molecule has 2 N–H and O–H groups in total. The number of nitrogens with one attached hydrogen (secondary N) is 2. The lowest BCUT2D eigenvalue weighted by Gasteiger charge is -2.18. The Morgan fingerprint density at radius 1 is 1.22 bits per heavy atom. The lowest BCUT2D eigenvalue weighted by atomic mass is 10.1. The van der Waals surface area contributed by atoms with E-state index in [1.807, 2.05) is 0 Å². The Hall–Kier alpha value is -2.90. The van der Waals surface area contributed by atoms with Gasteiger partial charge in [0.1, 0.15) is 11.5 Å². The Labute approximate surface area is 133 Å². The Morgan fingerprint density at radius 3 is 2.52 bits per heavy atom. The number of hydrazine groups is 1. The first-order valence-corrected chi connectivity index (χ1v) is 7.05. The molecular weight excluding hydrogens is 300 g/mol. The van der Waals surface area contributed by atoms with Gasteiger partial charge >= 0.3 is 0 Å². The molecule has 0 spiro atoms. The molecule has 2 rings (SSSR count). The molecule has 1 aliphatic heterocycles. The summed E-state index contributed by atoms with van der Waals surface area (Å²) in [7, 11) is 3.05. The Bertz CT molecular complexity index is 639. The third kappa shape index (κ3) is 4.53. The molecule has 8 nitrogen and oxygen atoms in total. The van der Waals surface area contributed by atoms with E-state index in [0.29, 0.717) is 5.75 Å². The van der Waals surface area contributed by atoms with Crippen molar-refractivity contribution in [2.24, 2.45) is 5.10 Å². The number of carbonyl (C=O) groups is 3. The van der Waals surface area contributed by atoms with Crippen molar-refractivity contribution in [3.05, 3.63) is 29.8 Å². The monoisotopic (exact) mass is 318 g/mol. The minimum atomic E-state index is -0.521. The van der Waals surface area contributed by atoms with E-state index in [2.05, 4.69) is 16.0 Å². The highest BCUT2D eigenvalue weighted by Crippen LogP contribution is 2.11. The summed E-state index contributed by atoms with van der Waals surface area (Å²) in [6, 6.07) is 7.05. The van der Waals surface area contributed by atoms with Gasteiger partial charge in [-0.1, -0.05) is 12.1 Å². The van der Waals surface area contributed by atoms with Crippen molar-refractivity contribution in [3.63, 3.8) is 0 Å². The molecule has 0 aliphatic carbocycles. The molecule has 3 amide bonds. The standard InChI is InChI=1S/C15H18N4O4/c1-19-14(21)8-7-12(18-19)15(22)17-16-13(20)9-10-3-5-11(23-2)6-4-10/h3-6H,7-9H2,1-2H3,(H,16,20)(H,17,22). The van der Waals surface area contributed by atoms with E-state index >= 15 is 0 Å². The Kier molecular flexibility index (Phi) is 5.29. The molecule has 1 heterocycles. The van der Waals surface area contributed by atoms with Gasteiger partial charge in [0.2, 0.25) is 11.8 Å². The van der Waals surface area contributed by atoms with Crippen LogP contribution in [0.1, 0.15) is 18.4 Å². The third-order valence-corrected chi connectivity index (χ3v) is 3.31. The molecule has 0 radical (unpaired) electrons. The topological polar surface area (TPSA) is 100 Å². The van der Waals surface area contributed by atoms with Crippen LogP contribution >= 0.6 is 0 Å². The first-order chi connectivity index (χ1) is 11.0. The minimum absolute atomic E-state index is 0.120. The number of ether oxygens (including phenoxy) is 1. The molecule has 8 heteroatoms. The van der Waals surface area contributed by atoms with Crippen LogP contribution in [-0.4, -0.2) is 42.6 Å². The van der Waals surface area contributed by atoms with Gasteiger partial charge in [-0.05, 0) is 17.7 Å². The zero-order chi connectivity index (χ0) is 16.8. The molecule has 0 unspecified atom stereocenters. The molecule has 0 aromatic heterocycles. The predicted octanol–water partition coefficient (Wildman–Crippen LogP) is -0.00670. The lowest BCUT2D eigenvalue weighted by Crippen LogP contribution is -2.47. The minimum Gasteiger partial charge on any atom is -0.497 e. The second-order valence-electron chi connectivity index (χ2n) is 4.99. The summed E-state index contributed by atoms with van der Waals surface area (Å²) < 4.78 is 5.04. The highest BCUT2D eigenvalue weighted by Gasteiger charge is 2.22. The Balaban J connectivity index is 1.83. The van der Waals surface area contributed by atoms with Gasteiger partial charge in [-0.15, -0.1) is 0 Å². The number of benzene rings is 1. The van der Waals surface area contributed by atoms with Crippen molar-refractivity contribution in [3.8, 4) is 5.75 Å². The second kappa shape index (κ2) is 7.39. The van der Waals surface area contributed by atoms with Crippen molar-refractivity contribution in [1.29, 1.82) is 0 Å². The lowest BCUT2D eigenvalue weighted by molar-refractivity contribution is -0.130. The summed E-state index contributed by atoms with van der Waals surface area (Å²) in [6.45, 7) is 0. The molecule has 1 aromatic carbocycles. The van der Waals surface area contributed by atoms with E-state index in [-0.39, 0.29) is 36.8 Å². The molecule has 0 atom stereocenters. The summed E-state index contributed by atoms with van der Waals surface area (Å²) in [5.74, 6) is -0.321. The molecular formula is C15H18N4O4. The normalized spacial score (nSPS) is 14.1. The van der Waals surface area contributed by atoms with E-state index in [1.54, 1.807) is 31.4 Å². The quantitative estimate of drug-likeness (QED) is 0.763. The van der Waals surface area contributed by atoms with Crippen LogP contribution in [-0.2, 0) is 20.8 Å². The zero-order valence-electron chi connectivity index (χ0n) is 13.0. The van der Waals surface area contributed by atoms with Gasteiger partial charge in [0.15, 0.2) is 0 Å². The van der Waals surface area contributed by atoms with Gasteiger partial charge in [0.05, 0.1) is 13.5 Å². The average Bonchev–Trinajstić information content (AvgIpc) is 2.56. The molecule has 122 valence electrons. The highest BCUT2D eigenvalue weighted by atomic mass is 16.5. The molecule has 1 aliphatic rings. The summed E-state index contributed by atoms with van der Waals surface area (Å²) in [5, 5.41) is 4.99. The van der Waals surface area contributed by atoms with Crippen LogP contribution < -0.4 is 15.6 Å². The fraction of sp³-hybridized carbons (Fsp3) is 0.333. The summed E-state index contributed by atoms with van der Waals surface area (Å²) in [6.07, 6.45) is 0.598. The van der Waals surface area contributed by atoms with E-state index in [4.69, 9.17) is 4.74 Å². The van der Waals surface area contributed by atoms with Crippen LogP contribution in [0.25, 0.3) is 0 Å². The van der Waals surface area contributed by atoms with E-state index < -0.39 is 5.91 Å². The van der Waals surface area contributed by atoms with Crippen LogP contribution in [0.5, 0.6) is 5.75 Å². The number of carbonyl (C=O) groups excluding carboxylic acids is 3. The number of methoxy groups -OCH3 is 1. The second-order valence-corrected chi connectivity index (χ2v) is 4.99. The van der Waals surface area contributed by atoms with Crippen LogP contribution in [0.3, 0.4) is 0 Å². The van der Waals surface area contributed by atoms with Crippen molar-refractivity contribution < 1.29 is 19.1 Å². The van der Waals surface area contributed by atoms with Crippen molar-refractivity contribution in [2.75, 3.05) is 14.2 Å². The van der Waals surface area contributed by atoms with Crippen LogP contribution in [0.2, 0.25) is 0 Å². The number of amides is 3. The number of nitrogens with zero attached hydrogens (tertiary/aromatic N) is 2. The Morgan fingerprint density at radius 2 is 1.91 bits per heavy atom. The van der Waals surface area contributed by atoms with Gasteiger partial charge in [0, 0.05) is 19.9 Å². The maximum atomic E-state index is 11.9. The predicted molar refractivity (Wildman–Crippen MR) is 82.4 cm³/mol. The first kappa shape index (κ1) is 16.5. The molecule has 0 saturated heterocycles. The summed E-state index contributed by atoms with van der Waals surface area (Å²) >= 11 is 0. The summed E-state index contributed by atoms with van der Waals surface area (Å²) in [4.78, 5) is 35.0. The largest absolute Gasteiger partial charge is 0.497 e. The van der Waals surface area contributed by atoms with Gasteiger partial charge in [-0.2, -0.15) is 5.10 Å². The van der Waals surface area contributed by atoms with Crippen LogP contribution in [0.4, 0.5) is 0 Å². The molecule has 23 heavy (non-hydrogen) atoms. The zero-order valence-corrected chi connectivity index (χ0v) is 13.0. The smallest absolute Gasteiger partial charge is 0.285 e. The van der Waals surface area contributed by atoms with E-state index in [1.165, 1.54) is 7.05 Å². The van der Waals surface area contributed by atoms with Crippen LogP contribution in [0, 0.1) is 0 Å². The first-order valence-electron chi connectivity index (χ1n) is 7.05. The highest BCUT2D eigenvalue weighted by molar-refractivity contribution is 6.39. The van der Waals surface area contributed by atoms with Gasteiger partial charge in [-0.25, -0.2) is 5.01 Å². The number of hydrazone groups is 1. The molecule has 0 saturated carbocycles. The SMILES string of the molecule is COc1ccc(CC(=O)NNC(=O)C2=NN(C)C(=O)CC2)cc1. The van der Waals surface area contributed by atoms with Crippen molar-refractivity contribution >= 4 is 23.4 Å². The van der Waals surface area contributed by atoms with Gasteiger partial charge in [-0.3, -0.25) is 25.2 Å². The third-order valence-electron chi connectivity index (χ3n) is 3.31. The number of hydrogen-bond acceptors (Lipinski definition) is 5. The van der Waals surface area contributed by atoms with Gasteiger partial charge in [0.25, 0.3) is 5.91 Å². The summed E-state index contributed by atoms with van der Waals surface area (Å²) in [5.41, 5.74) is 5.62. The van der Waals surface area contributed by atoms with Gasteiger partial charge < -0.3 is 4.74 Å². The maximum Gasteiger partial charge on any atom is 0.285 e. The fourth-order valence-electron chi connectivity index (χ4n) is 2.00. The number of rotatable bonds is 4. The van der Waals surface area contributed by atoms with Crippen LogP contribution in [0.15, 0.2) is 29.4 Å². The number of hydrogen-bond donors (Lipinski definition) is 2. The molecule has 0 bridgehead atoms. The van der Waals surface area contributed by atoms with Crippen molar-refractivity contribution in [2.45, 2.75) is 19.3 Å². The van der Waals surface area contributed by atoms with Crippen molar-refractivity contribution in [1.82, 2.24) is 15.9 Å². The average molecular weight is 318 g/mol.